The molecule has 0 N–H and O–H groups in total. The Labute approximate surface area is 67.9 Å². The number of esters is 1. The van der Waals surface area contributed by atoms with Crippen LogP contribution in [-0.2, 0) is 9.53 Å². The molecular weight excluding hydrogens is 140 g/mol. The van der Waals surface area contributed by atoms with Crippen LogP contribution in [0.15, 0.2) is 0 Å². The van der Waals surface area contributed by atoms with Crippen molar-refractivity contribution < 1.29 is 9.53 Å². The van der Waals surface area contributed by atoms with E-state index in [1.54, 1.807) is 0 Å². The summed E-state index contributed by atoms with van der Waals surface area (Å²) in [5.41, 5.74) is 0. The normalized spacial score (nSPS) is 31.5. The molecule has 0 unspecified atom stereocenters. The van der Waals surface area contributed by atoms with Gasteiger partial charge in [-0.05, 0) is 25.2 Å². The maximum absolute atomic E-state index is 10.6. The number of hydrogen-bond acceptors (Lipinski definition) is 2. The van der Waals surface area contributed by atoms with Gasteiger partial charge in [-0.3, -0.25) is 4.79 Å². The molecule has 2 nitrogen and oxygen atoms in total. The van der Waals surface area contributed by atoms with Crippen molar-refractivity contribution in [2.24, 2.45) is 5.92 Å². The smallest absolute Gasteiger partial charge is 0.302 e. The predicted molar refractivity (Wildman–Crippen MR) is 43.2 cm³/mol. The van der Waals surface area contributed by atoms with Gasteiger partial charge >= 0.3 is 5.97 Å². The molecule has 2 heteroatoms. The molecule has 0 heterocycles. The standard InChI is InChI=1S/C9H16O2/c1-7-4-3-5-9(6-7)11-8(2)10/h7,9H,3-6H2,1-2H3/t7-,9-/m0/s1. The second kappa shape index (κ2) is 3.74. The number of carbonyl (C=O) groups excluding carboxylic acids is 1. The quantitative estimate of drug-likeness (QED) is 0.543. The summed E-state index contributed by atoms with van der Waals surface area (Å²) in [5, 5.41) is 0. The fourth-order valence-electron chi connectivity index (χ4n) is 1.72. The maximum Gasteiger partial charge on any atom is 0.302 e. The second-order valence-electron chi connectivity index (χ2n) is 3.50. The highest BCUT2D eigenvalue weighted by atomic mass is 16.5. The Balaban J connectivity index is 2.28. The highest BCUT2D eigenvalue weighted by Crippen LogP contribution is 2.25. The van der Waals surface area contributed by atoms with Gasteiger partial charge in [0.05, 0.1) is 0 Å². The monoisotopic (exact) mass is 156 g/mol. The fourth-order valence-corrected chi connectivity index (χ4v) is 1.72. The Morgan fingerprint density at radius 1 is 1.45 bits per heavy atom. The minimum absolute atomic E-state index is 0.135. The molecule has 0 bridgehead atoms. The average molecular weight is 156 g/mol. The lowest BCUT2D eigenvalue weighted by molar-refractivity contribution is -0.148. The molecular formula is C9H16O2. The summed E-state index contributed by atoms with van der Waals surface area (Å²) < 4.78 is 5.12. The van der Waals surface area contributed by atoms with E-state index in [2.05, 4.69) is 6.92 Å². The summed E-state index contributed by atoms with van der Waals surface area (Å²) in [7, 11) is 0. The van der Waals surface area contributed by atoms with Gasteiger partial charge in [0.15, 0.2) is 0 Å². The van der Waals surface area contributed by atoms with Crippen molar-refractivity contribution in [2.75, 3.05) is 0 Å². The lowest BCUT2D eigenvalue weighted by Gasteiger charge is -2.25. The zero-order chi connectivity index (χ0) is 8.27. The van der Waals surface area contributed by atoms with Gasteiger partial charge < -0.3 is 4.74 Å². The topological polar surface area (TPSA) is 26.3 Å². The zero-order valence-electron chi connectivity index (χ0n) is 7.30. The summed E-state index contributed by atoms with van der Waals surface area (Å²) in [6.07, 6.45) is 4.82. The van der Waals surface area contributed by atoms with Gasteiger partial charge in [0.1, 0.15) is 6.10 Å². The number of ether oxygens (including phenoxy) is 1. The highest BCUT2D eigenvalue weighted by molar-refractivity contribution is 5.66. The molecule has 0 aliphatic heterocycles. The molecule has 0 amide bonds. The first-order valence-electron chi connectivity index (χ1n) is 4.35. The minimum atomic E-state index is -0.135. The Morgan fingerprint density at radius 2 is 2.18 bits per heavy atom. The summed E-state index contributed by atoms with van der Waals surface area (Å²) in [4.78, 5) is 10.6. The first-order chi connectivity index (χ1) is 5.18. The molecule has 1 aliphatic carbocycles. The summed E-state index contributed by atoms with van der Waals surface area (Å²) in [6.45, 7) is 3.70. The summed E-state index contributed by atoms with van der Waals surface area (Å²) in [5.74, 6) is 0.595. The van der Waals surface area contributed by atoms with Crippen molar-refractivity contribution in [1.29, 1.82) is 0 Å². The SMILES string of the molecule is CC(=O)O[C@H]1CCC[C@H](C)C1. The molecule has 1 rings (SSSR count). The third-order valence-electron chi connectivity index (χ3n) is 2.22. The van der Waals surface area contributed by atoms with Crippen LogP contribution in [0.25, 0.3) is 0 Å². The van der Waals surface area contributed by atoms with Crippen molar-refractivity contribution in [3.63, 3.8) is 0 Å². The highest BCUT2D eigenvalue weighted by Gasteiger charge is 2.20. The molecule has 0 spiro atoms. The minimum Gasteiger partial charge on any atom is -0.463 e. The van der Waals surface area contributed by atoms with E-state index in [9.17, 15) is 4.79 Å². The van der Waals surface area contributed by atoms with Crippen LogP contribution in [0.4, 0.5) is 0 Å². The molecule has 1 saturated carbocycles. The molecule has 11 heavy (non-hydrogen) atoms. The third-order valence-corrected chi connectivity index (χ3v) is 2.22. The molecule has 2 atom stereocenters. The molecule has 0 aromatic heterocycles. The average Bonchev–Trinajstić information content (AvgIpc) is 1.85. The van der Waals surface area contributed by atoms with Crippen LogP contribution >= 0.6 is 0 Å². The number of rotatable bonds is 1. The Hall–Kier alpha value is -0.530. The molecule has 0 aromatic carbocycles. The van der Waals surface area contributed by atoms with E-state index in [1.807, 2.05) is 0 Å². The van der Waals surface area contributed by atoms with E-state index in [0.717, 1.165) is 18.8 Å². The van der Waals surface area contributed by atoms with Gasteiger partial charge in [0, 0.05) is 6.92 Å². The van der Waals surface area contributed by atoms with E-state index >= 15 is 0 Å². The van der Waals surface area contributed by atoms with Gasteiger partial charge in [-0.25, -0.2) is 0 Å². The second-order valence-corrected chi connectivity index (χ2v) is 3.50. The largest absolute Gasteiger partial charge is 0.463 e. The van der Waals surface area contributed by atoms with Crippen LogP contribution in [-0.4, -0.2) is 12.1 Å². The van der Waals surface area contributed by atoms with Crippen LogP contribution in [0.1, 0.15) is 39.5 Å². The molecule has 0 aromatic rings. The molecule has 64 valence electrons. The van der Waals surface area contributed by atoms with Crippen LogP contribution in [0.2, 0.25) is 0 Å². The maximum atomic E-state index is 10.6. The lowest BCUT2D eigenvalue weighted by atomic mass is 9.89. The zero-order valence-corrected chi connectivity index (χ0v) is 7.30. The van der Waals surface area contributed by atoms with E-state index in [4.69, 9.17) is 4.74 Å². The van der Waals surface area contributed by atoms with Crippen LogP contribution < -0.4 is 0 Å². The summed E-state index contributed by atoms with van der Waals surface area (Å²) >= 11 is 0. The lowest BCUT2D eigenvalue weighted by Crippen LogP contribution is -2.23. The predicted octanol–water partition coefficient (Wildman–Crippen LogP) is 2.13. The van der Waals surface area contributed by atoms with Crippen LogP contribution in [0.5, 0.6) is 0 Å². The molecule has 1 aliphatic rings. The molecule has 1 fully saturated rings. The third kappa shape index (κ3) is 2.91. The van der Waals surface area contributed by atoms with Crippen molar-refractivity contribution in [3.05, 3.63) is 0 Å². The van der Waals surface area contributed by atoms with Gasteiger partial charge in [0.25, 0.3) is 0 Å². The molecule has 0 saturated heterocycles. The first-order valence-corrected chi connectivity index (χ1v) is 4.35. The molecule has 0 radical (unpaired) electrons. The van der Waals surface area contributed by atoms with Gasteiger partial charge in [0.2, 0.25) is 0 Å². The number of hydrogen-bond donors (Lipinski definition) is 0. The van der Waals surface area contributed by atoms with Crippen molar-refractivity contribution in [1.82, 2.24) is 0 Å². The van der Waals surface area contributed by atoms with Gasteiger partial charge in [-0.1, -0.05) is 13.3 Å². The first kappa shape index (κ1) is 8.57. The van der Waals surface area contributed by atoms with Crippen molar-refractivity contribution >= 4 is 5.97 Å². The van der Waals surface area contributed by atoms with Crippen molar-refractivity contribution in [2.45, 2.75) is 45.6 Å². The summed E-state index contributed by atoms with van der Waals surface area (Å²) in [6, 6.07) is 0. The van der Waals surface area contributed by atoms with Crippen LogP contribution in [0.3, 0.4) is 0 Å². The van der Waals surface area contributed by atoms with Crippen LogP contribution in [0, 0.1) is 5.92 Å². The van der Waals surface area contributed by atoms with E-state index < -0.39 is 0 Å². The van der Waals surface area contributed by atoms with E-state index in [1.165, 1.54) is 19.8 Å². The van der Waals surface area contributed by atoms with E-state index in [0.29, 0.717) is 0 Å². The van der Waals surface area contributed by atoms with Crippen molar-refractivity contribution in [3.8, 4) is 0 Å². The fraction of sp³-hybridized carbons (Fsp3) is 0.889. The Bertz CT molecular complexity index is 142. The van der Waals surface area contributed by atoms with E-state index in [-0.39, 0.29) is 12.1 Å². The van der Waals surface area contributed by atoms with Gasteiger partial charge in [-0.2, -0.15) is 0 Å². The Kier molecular flexibility index (Phi) is 2.92. The Morgan fingerprint density at radius 3 is 2.73 bits per heavy atom. The van der Waals surface area contributed by atoms with Gasteiger partial charge in [-0.15, -0.1) is 0 Å². The number of carbonyl (C=O) groups is 1.